The van der Waals surface area contributed by atoms with Gasteiger partial charge in [0, 0.05) is 19.7 Å². The molecule has 1 atom stereocenters. The van der Waals surface area contributed by atoms with Crippen molar-refractivity contribution < 1.29 is 19.4 Å². The Hall–Kier alpha value is -2.15. The van der Waals surface area contributed by atoms with Crippen LogP contribution < -0.4 is 5.73 Å². The van der Waals surface area contributed by atoms with Gasteiger partial charge in [-0.25, -0.2) is 0 Å². The first-order valence-corrected chi connectivity index (χ1v) is 22.1. The average Bonchev–Trinajstić information content (AvgIpc) is 3.75. The van der Waals surface area contributed by atoms with Gasteiger partial charge in [0.2, 0.25) is 5.91 Å². The van der Waals surface area contributed by atoms with Gasteiger partial charge in [0.05, 0.1) is 6.26 Å². The lowest BCUT2D eigenvalue weighted by molar-refractivity contribution is -0.139. The molecule has 0 saturated carbocycles. The minimum atomic E-state index is -1.08. The summed E-state index contributed by atoms with van der Waals surface area (Å²) in [6.07, 6.45) is 51.2. The SMILES string of the molecule is CCCCCCCC/C=C\CCCCCCCCN.CCCCCCCC/C=C\CCCCCCCCN1C(=O)C=CC1(C)O.CO.Cc1ccco1. The molecule has 1 aliphatic rings. The van der Waals surface area contributed by atoms with E-state index in [4.69, 9.17) is 15.3 Å². The predicted octanol–water partition coefficient (Wildman–Crippen LogP) is 13.3. The van der Waals surface area contributed by atoms with Gasteiger partial charge < -0.3 is 25.3 Å². The minimum Gasteiger partial charge on any atom is -0.470 e. The number of allylic oxidation sites excluding steroid dienone is 4. The number of hydrogen-bond acceptors (Lipinski definition) is 5. The predicted molar refractivity (Wildman–Crippen MR) is 231 cm³/mol. The summed E-state index contributed by atoms with van der Waals surface area (Å²) in [5, 5.41) is 17.1. The van der Waals surface area contributed by atoms with Crippen LogP contribution in [0.2, 0.25) is 0 Å². The van der Waals surface area contributed by atoms with E-state index in [1.54, 1.807) is 24.2 Å². The molecule has 2 rings (SSSR count). The zero-order chi connectivity index (χ0) is 39.5. The van der Waals surface area contributed by atoms with Crippen LogP contribution in [0, 0.1) is 6.92 Å². The molecule has 0 radical (unpaired) electrons. The Labute approximate surface area is 329 Å². The van der Waals surface area contributed by atoms with Crippen LogP contribution in [0.25, 0.3) is 0 Å². The summed E-state index contributed by atoms with van der Waals surface area (Å²) >= 11 is 0. The van der Waals surface area contributed by atoms with Crippen LogP contribution in [0.5, 0.6) is 0 Å². The summed E-state index contributed by atoms with van der Waals surface area (Å²) in [4.78, 5) is 13.2. The Morgan fingerprint density at radius 2 is 1.02 bits per heavy atom. The second-order valence-electron chi connectivity index (χ2n) is 14.8. The molecule has 1 aromatic heterocycles. The van der Waals surface area contributed by atoms with Crippen molar-refractivity contribution in [3.8, 4) is 0 Å². The molecule has 0 aliphatic carbocycles. The third-order valence-corrected chi connectivity index (χ3v) is 9.63. The summed E-state index contributed by atoms with van der Waals surface area (Å²) in [7, 11) is 1.00. The number of nitrogens with two attached hydrogens (primary N) is 1. The van der Waals surface area contributed by atoms with E-state index in [9.17, 15) is 9.90 Å². The van der Waals surface area contributed by atoms with Crippen LogP contribution in [0.15, 0.2) is 59.3 Å². The molecule has 0 aromatic carbocycles. The van der Waals surface area contributed by atoms with Crippen molar-refractivity contribution in [3.05, 3.63) is 60.6 Å². The van der Waals surface area contributed by atoms with E-state index in [-0.39, 0.29) is 5.91 Å². The van der Waals surface area contributed by atoms with Crippen molar-refractivity contribution in [2.45, 2.75) is 213 Å². The van der Waals surface area contributed by atoms with E-state index in [2.05, 4.69) is 38.2 Å². The molecule has 0 bridgehead atoms. The fourth-order valence-electron chi connectivity index (χ4n) is 6.24. The van der Waals surface area contributed by atoms with Crippen molar-refractivity contribution >= 4 is 5.91 Å². The quantitative estimate of drug-likeness (QED) is 0.0519. The van der Waals surface area contributed by atoms with Crippen molar-refractivity contribution in [2.24, 2.45) is 5.73 Å². The Balaban J connectivity index is 0. The molecule has 6 heteroatoms. The number of amides is 1. The first-order valence-electron chi connectivity index (χ1n) is 22.1. The number of aliphatic hydroxyl groups is 2. The number of unbranched alkanes of at least 4 members (excludes halogenated alkanes) is 24. The van der Waals surface area contributed by atoms with Gasteiger partial charge in [-0.1, -0.05) is 154 Å². The topological polar surface area (TPSA) is 99.9 Å². The van der Waals surface area contributed by atoms with Crippen molar-refractivity contribution in [3.63, 3.8) is 0 Å². The molecule has 0 spiro atoms. The van der Waals surface area contributed by atoms with Crippen LogP contribution >= 0.6 is 0 Å². The molecule has 1 aliphatic heterocycles. The van der Waals surface area contributed by atoms with Gasteiger partial charge in [0.15, 0.2) is 5.72 Å². The highest BCUT2D eigenvalue weighted by Crippen LogP contribution is 2.21. The number of aryl methyl sites for hydroxylation is 1. The number of aliphatic hydroxyl groups excluding tert-OH is 1. The fraction of sp³-hybridized carbons (Fsp3) is 0.766. The van der Waals surface area contributed by atoms with E-state index in [1.807, 2.05) is 19.1 Å². The summed E-state index contributed by atoms with van der Waals surface area (Å²) in [6.45, 7) is 9.65. The lowest BCUT2D eigenvalue weighted by Crippen LogP contribution is -2.44. The second-order valence-corrected chi connectivity index (χ2v) is 14.8. The molecule has 6 nitrogen and oxygen atoms in total. The first-order chi connectivity index (χ1) is 25.9. The van der Waals surface area contributed by atoms with Gasteiger partial charge in [-0.2, -0.15) is 0 Å². The Bertz CT molecular complexity index is 938. The number of furan rings is 1. The molecular formula is C47H88N2O4. The van der Waals surface area contributed by atoms with Crippen LogP contribution in [-0.4, -0.2) is 46.9 Å². The number of nitrogens with zero attached hydrogens (tertiary/aromatic N) is 1. The molecule has 4 N–H and O–H groups in total. The molecule has 1 amide bonds. The Morgan fingerprint density at radius 3 is 1.32 bits per heavy atom. The van der Waals surface area contributed by atoms with Crippen molar-refractivity contribution in [1.29, 1.82) is 0 Å². The van der Waals surface area contributed by atoms with Crippen LogP contribution in [0.4, 0.5) is 0 Å². The van der Waals surface area contributed by atoms with Crippen LogP contribution in [0.1, 0.15) is 206 Å². The zero-order valence-electron chi connectivity index (χ0n) is 35.6. The van der Waals surface area contributed by atoms with E-state index in [1.165, 1.54) is 173 Å². The van der Waals surface area contributed by atoms with E-state index in [0.717, 1.165) is 32.3 Å². The van der Waals surface area contributed by atoms with Gasteiger partial charge >= 0.3 is 0 Å². The normalized spacial score (nSPS) is 15.0. The second kappa shape index (κ2) is 42.6. The third kappa shape index (κ3) is 37.9. The van der Waals surface area contributed by atoms with Gasteiger partial charge in [-0.05, 0) is 103 Å². The van der Waals surface area contributed by atoms with Crippen LogP contribution in [0.3, 0.4) is 0 Å². The number of rotatable bonds is 31. The summed E-state index contributed by atoms with van der Waals surface area (Å²) in [5.74, 6) is 0.901. The molecule has 310 valence electrons. The highest BCUT2D eigenvalue weighted by atomic mass is 16.3. The smallest absolute Gasteiger partial charge is 0.248 e. The number of hydrogen-bond donors (Lipinski definition) is 3. The van der Waals surface area contributed by atoms with Gasteiger partial charge in [0.1, 0.15) is 5.76 Å². The van der Waals surface area contributed by atoms with E-state index in [0.29, 0.717) is 6.54 Å². The van der Waals surface area contributed by atoms with Crippen LogP contribution in [-0.2, 0) is 4.79 Å². The maximum atomic E-state index is 11.7. The Kier molecular flexibility index (Phi) is 42.6. The summed E-state index contributed by atoms with van der Waals surface area (Å²) in [6, 6.07) is 3.79. The Morgan fingerprint density at radius 1 is 0.642 bits per heavy atom. The number of carbonyl (C=O) groups is 1. The standard InChI is InChI=1S/C23H41NO2.C18H37N.C5H6O.CH4O/c1-3-4-5-6-7-8-9-10-11-12-13-14-15-16-17-18-21-24-22(25)19-20-23(24,2)26;1-2-3-4-5-6-7-8-9-10-11-12-13-14-15-16-17-18-19;1-5-3-2-4-6-5;1-2/h10-11,19-20,26H,3-9,12-18,21H2,1-2H3;9-10H,2-8,11-19H2,1H3;2-4H,1H3;2H,1H3/b11-10-;10-9-;;. The molecule has 0 saturated heterocycles. The fourth-order valence-corrected chi connectivity index (χ4v) is 6.24. The third-order valence-electron chi connectivity index (χ3n) is 9.63. The monoisotopic (exact) mass is 745 g/mol. The zero-order valence-corrected chi connectivity index (χ0v) is 35.6. The van der Waals surface area contributed by atoms with Gasteiger partial charge in [-0.3, -0.25) is 4.79 Å². The van der Waals surface area contributed by atoms with E-state index < -0.39 is 5.72 Å². The van der Waals surface area contributed by atoms with Crippen molar-refractivity contribution in [1.82, 2.24) is 4.90 Å². The maximum Gasteiger partial charge on any atom is 0.248 e. The molecule has 53 heavy (non-hydrogen) atoms. The summed E-state index contributed by atoms with van der Waals surface area (Å²) < 4.78 is 4.83. The molecular weight excluding hydrogens is 657 g/mol. The summed E-state index contributed by atoms with van der Waals surface area (Å²) in [5.41, 5.74) is 4.39. The minimum absolute atomic E-state index is 0.0669. The van der Waals surface area contributed by atoms with Crippen molar-refractivity contribution in [2.75, 3.05) is 20.2 Å². The lowest BCUT2D eigenvalue weighted by atomic mass is 10.1. The molecule has 1 aromatic rings. The highest BCUT2D eigenvalue weighted by molar-refractivity contribution is 5.91. The average molecular weight is 745 g/mol. The lowest BCUT2D eigenvalue weighted by Gasteiger charge is -2.29. The molecule has 1 unspecified atom stereocenters. The molecule has 0 fully saturated rings. The van der Waals surface area contributed by atoms with E-state index >= 15 is 0 Å². The van der Waals surface area contributed by atoms with Gasteiger partial charge in [0.25, 0.3) is 0 Å². The maximum absolute atomic E-state index is 11.7. The van der Waals surface area contributed by atoms with Gasteiger partial charge in [-0.15, -0.1) is 0 Å². The number of carbonyl (C=O) groups excluding carboxylic acids is 1. The highest BCUT2D eigenvalue weighted by Gasteiger charge is 2.33. The first kappa shape index (κ1) is 53.0. The largest absolute Gasteiger partial charge is 0.470 e. The molecule has 2 heterocycles.